The predicted octanol–water partition coefficient (Wildman–Crippen LogP) is -0.451. The Balaban J connectivity index is 2.84. The molecule has 0 spiro atoms. The smallest absolute Gasteiger partial charge is 0.341 e. The second-order valence-electron chi connectivity index (χ2n) is 1.93. The maximum atomic E-state index is 10.9. The van der Waals surface area contributed by atoms with Crippen LogP contribution in [0.25, 0.3) is 0 Å². The molecule has 6 nitrogen and oxygen atoms in total. The van der Waals surface area contributed by atoms with Crippen molar-refractivity contribution < 1.29 is 9.53 Å². The van der Waals surface area contributed by atoms with Gasteiger partial charge < -0.3 is 4.74 Å². The minimum Gasteiger partial charge on any atom is -0.465 e. The van der Waals surface area contributed by atoms with Crippen LogP contribution in [0.2, 0.25) is 0 Å². The van der Waals surface area contributed by atoms with Crippen molar-refractivity contribution in [2.75, 3.05) is 12.5 Å². The molecule has 0 saturated carbocycles. The summed E-state index contributed by atoms with van der Waals surface area (Å²) < 4.78 is 4.44. The first-order valence-electron chi connectivity index (χ1n) is 3.15. The van der Waals surface area contributed by atoms with Crippen LogP contribution in [0.15, 0.2) is 12.4 Å². The van der Waals surface area contributed by atoms with Gasteiger partial charge in [0.15, 0.2) is 0 Å². The first-order valence-corrected chi connectivity index (χ1v) is 3.15. The van der Waals surface area contributed by atoms with Crippen molar-refractivity contribution >= 4 is 11.9 Å². The maximum absolute atomic E-state index is 10.9. The van der Waals surface area contributed by atoms with Crippen molar-refractivity contribution in [1.29, 1.82) is 0 Å². The number of hydrogen-bond acceptors (Lipinski definition) is 6. The van der Waals surface area contributed by atoms with Crippen molar-refractivity contribution in [3.63, 3.8) is 0 Å². The summed E-state index contributed by atoms with van der Waals surface area (Å²) in [5.41, 5.74) is 2.53. The Hall–Kier alpha value is -1.69. The number of carbonyl (C=O) groups excluding carboxylic acids is 1. The van der Waals surface area contributed by atoms with Gasteiger partial charge in [-0.1, -0.05) is 0 Å². The summed E-state index contributed by atoms with van der Waals surface area (Å²) in [6.45, 7) is 0. The molecular weight excluding hydrogens is 160 g/mol. The molecule has 1 rings (SSSR count). The number of rotatable bonds is 2. The van der Waals surface area contributed by atoms with Gasteiger partial charge in [0, 0.05) is 12.4 Å². The van der Waals surface area contributed by atoms with E-state index in [1.54, 1.807) is 0 Å². The van der Waals surface area contributed by atoms with E-state index in [1.165, 1.54) is 19.5 Å². The molecule has 0 unspecified atom stereocenters. The second-order valence-corrected chi connectivity index (χ2v) is 1.93. The van der Waals surface area contributed by atoms with Crippen LogP contribution in [0.1, 0.15) is 10.4 Å². The Morgan fingerprint density at radius 3 is 2.58 bits per heavy atom. The zero-order valence-corrected chi connectivity index (χ0v) is 6.44. The van der Waals surface area contributed by atoms with Crippen LogP contribution >= 0.6 is 0 Å². The lowest BCUT2D eigenvalue weighted by Gasteiger charge is -1.98. The molecule has 1 heterocycles. The van der Waals surface area contributed by atoms with Crippen molar-refractivity contribution in [1.82, 2.24) is 9.97 Å². The molecule has 64 valence electrons. The van der Waals surface area contributed by atoms with E-state index in [0.717, 1.165) is 0 Å². The Kier molecular flexibility index (Phi) is 2.54. The summed E-state index contributed by atoms with van der Waals surface area (Å²) >= 11 is 0. The summed E-state index contributed by atoms with van der Waals surface area (Å²) in [4.78, 5) is 18.3. The van der Waals surface area contributed by atoms with E-state index in [1.807, 2.05) is 0 Å². The Morgan fingerprint density at radius 2 is 2.17 bits per heavy atom. The number of aromatic nitrogens is 2. The first kappa shape index (κ1) is 8.41. The highest BCUT2D eigenvalue weighted by Gasteiger charge is 2.05. The zero-order chi connectivity index (χ0) is 8.97. The summed E-state index contributed by atoms with van der Waals surface area (Å²) in [5.74, 6) is 4.80. The van der Waals surface area contributed by atoms with E-state index >= 15 is 0 Å². The lowest BCUT2D eigenvalue weighted by atomic mass is 10.3. The topological polar surface area (TPSA) is 90.1 Å². The summed E-state index contributed by atoms with van der Waals surface area (Å²) in [5, 5.41) is 0. The number of nitrogen functional groups attached to an aromatic ring is 1. The number of nitrogens with two attached hydrogens (primary N) is 1. The summed E-state index contributed by atoms with van der Waals surface area (Å²) in [6, 6.07) is 0. The highest BCUT2D eigenvalue weighted by Crippen LogP contribution is 1.99. The van der Waals surface area contributed by atoms with Crippen LogP contribution in [-0.2, 0) is 4.74 Å². The average Bonchev–Trinajstić information content (AvgIpc) is 2.17. The summed E-state index contributed by atoms with van der Waals surface area (Å²) in [7, 11) is 1.29. The van der Waals surface area contributed by atoms with Crippen LogP contribution in [0.3, 0.4) is 0 Å². The van der Waals surface area contributed by atoms with E-state index in [4.69, 9.17) is 5.84 Å². The van der Waals surface area contributed by atoms with E-state index in [-0.39, 0.29) is 11.5 Å². The molecule has 1 aromatic heterocycles. The monoisotopic (exact) mass is 168 g/mol. The van der Waals surface area contributed by atoms with Gasteiger partial charge in [-0.25, -0.2) is 20.6 Å². The average molecular weight is 168 g/mol. The third-order valence-corrected chi connectivity index (χ3v) is 1.20. The quantitative estimate of drug-likeness (QED) is 0.353. The van der Waals surface area contributed by atoms with Crippen LogP contribution in [-0.4, -0.2) is 23.0 Å². The molecule has 0 radical (unpaired) electrons. The van der Waals surface area contributed by atoms with E-state index in [0.29, 0.717) is 0 Å². The number of ether oxygens (including phenoxy) is 1. The zero-order valence-electron chi connectivity index (χ0n) is 6.44. The molecule has 0 atom stereocenters. The molecule has 12 heavy (non-hydrogen) atoms. The minimum absolute atomic E-state index is 0.252. The van der Waals surface area contributed by atoms with Gasteiger partial charge in [-0.2, -0.15) is 0 Å². The highest BCUT2D eigenvalue weighted by atomic mass is 16.5. The Bertz CT molecular complexity index is 271. The highest BCUT2D eigenvalue weighted by molar-refractivity contribution is 5.88. The van der Waals surface area contributed by atoms with Crippen molar-refractivity contribution in [3.05, 3.63) is 18.0 Å². The molecule has 0 aliphatic heterocycles. The predicted molar refractivity (Wildman–Crippen MR) is 41.2 cm³/mol. The van der Waals surface area contributed by atoms with Crippen molar-refractivity contribution in [2.45, 2.75) is 0 Å². The number of nitrogens with one attached hydrogen (secondary N) is 1. The molecule has 0 aromatic carbocycles. The molecule has 0 aliphatic carbocycles. The van der Waals surface area contributed by atoms with Crippen molar-refractivity contribution in [2.24, 2.45) is 5.84 Å². The van der Waals surface area contributed by atoms with Gasteiger partial charge >= 0.3 is 5.97 Å². The molecule has 1 aromatic rings. The molecule has 0 amide bonds. The number of nitrogens with zero attached hydrogens (tertiary/aromatic N) is 2. The molecular formula is C6H8N4O2. The fourth-order valence-corrected chi connectivity index (χ4v) is 0.626. The maximum Gasteiger partial charge on any atom is 0.341 e. The molecule has 0 aliphatic rings. The minimum atomic E-state index is -0.474. The van der Waals surface area contributed by atoms with Crippen LogP contribution in [0.4, 0.5) is 5.95 Å². The number of anilines is 1. The van der Waals surface area contributed by atoms with Gasteiger partial charge in [0.2, 0.25) is 5.95 Å². The Morgan fingerprint density at radius 1 is 1.58 bits per heavy atom. The van der Waals surface area contributed by atoms with Gasteiger partial charge in [-0.05, 0) is 0 Å². The molecule has 0 saturated heterocycles. The van der Waals surface area contributed by atoms with Crippen LogP contribution in [0.5, 0.6) is 0 Å². The van der Waals surface area contributed by atoms with Gasteiger partial charge in [0.1, 0.15) is 0 Å². The van der Waals surface area contributed by atoms with Crippen molar-refractivity contribution in [3.8, 4) is 0 Å². The fourth-order valence-electron chi connectivity index (χ4n) is 0.626. The summed E-state index contributed by atoms with van der Waals surface area (Å²) in [6.07, 6.45) is 2.65. The van der Waals surface area contributed by atoms with Gasteiger partial charge in [0.25, 0.3) is 0 Å². The van der Waals surface area contributed by atoms with E-state index < -0.39 is 5.97 Å². The fraction of sp³-hybridized carbons (Fsp3) is 0.167. The van der Waals surface area contributed by atoms with Crippen LogP contribution < -0.4 is 11.3 Å². The third-order valence-electron chi connectivity index (χ3n) is 1.20. The van der Waals surface area contributed by atoms with Gasteiger partial charge in [-0.15, -0.1) is 0 Å². The third kappa shape index (κ3) is 1.67. The molecule has 6 heteroatoms. The lowest BCUT2D eigenvalue weighted by Crippen LogP contribution is -2.11. The number of carbonyl (C=O) groups is 1. The lowest BCUT2D eigenvalue weighted by molar-refractivity contribution is 0.0600. The SMILES string of the molecule is COC(=O)c1cnc(NN)nc1. The van der Waals surface area contributed by atoms with Gasteiger partial charge in [0.05, 0.1) is 12.7 Å². The largest absolute Gasteiger partial charge is 0.465 e. The molecule has 3 N–H and O–H groups in total. The number of hydrazine groups is 1. The van der Waals surface area contributed by atoms with E-state index in [2.05, 4.69) is 20.1 Å². The standard InChI is InChI=1S/C6H8N4O2/c1-12-5(11)4-2-8-6(10-7)9-3-4/h2-3H,7H2,1H3,(H,8,9,10). The molecule has 0 fully saturated rings. The number of esters is 1. The van der Waals surface area contributed by atoms with Gasteiger partial charge in [-0.3, -0.25) is 5.43 Å². The van der Waals surface area contributed by atoms with Crippen LogP contribution in [0, 0.1) is 0 Å². The van der Waals surface area contributed by atoms with E-state index in [9.17, 15) is 4.79 Å². The second kappa shape index (κ2) is 3.63. The Labute approximate surface area is 68.7 Å². The normalized spacial score (nSPS) is 9.17. The number of methoxy groups -OCH3 is 1. The molecule has 0 bridgehead atoms. The first-order chi connectivity index (χ1) is 5.77. The number of hydrogen-bond donors (Lipinski definition) is 2.